The third kappa shape index (κ3) is 3.54. The molecule has 0 spiro atoms. The zero-order chi connectivity index (χ0) is 14.5. The fourth-order valence-corrected chi connectivity index (χ4v) is 3.50. The average molecular weight is 275 g/mol. The van der Waals surface area contributed by atoms with Crippen LogP contribution in [0.25, 0.3) is 0 Å². The van der Waals surface area contributed by atoms with Crippen molar-refractivity contribution in [2.75, 3.05) is 6.61 Å². The van der Waals surface area contributed by atoms with Gasteiger partial charge in [0.15, 0.2) is 0 Å². The van der Waals surface area contributed by atoms with E-state index < -0.39 is 0 Å². The Balaban J connectivity index is 1.93. The van der Waals surface area contributed by atoms with Gasteiger partial charge >= 0.3 is 0 Å². The summed E-state index contributed by atoms with van der Waals surface area (Å²) in [5.41, 5.74) is 1.35. The maximum atomic E-state index is 5.50. The zero-order valence-electron chi connectivity index (χ0n) is 13.4. The Hall–Kier alpha value is -1.02. The van der Waals surface area contributed by atoms with Crippen molar-refractivity contribution >= 4 is 0 Å². The molecule has 2 nitrogen and oxygen atoms in total. The molecule has 4 unspecified atom stereocenters. The molecule has 2 rings (SSSR count). The first-order valence-electron chi connectivity index (χ1n) is 8.14. The minimum atomic E-state index is 0.411. The monoisotopic (exact) mass is 275 g/mol. The lowest BCUT2D eigenvalue weighted by Crippen LogP contribution is -2.34. The van der Waals surface area contributed by atoms with Crippen LogP contribution in [0.15, 0.2) is 24.3 Å². The molecule has 1 saturated carbocycles. The summed E-state index contributed by atoms with van der Waals surface area (Å²) in [5, 5.41) is 3.82. The summed E-state index contributed by atoms with van der Waals surface area (Å²) >= 11 is 0. The molecule has 1 aromatic rings. The smallest absolute Gasteiger partial charge is 0.119 e. The molecule has 0 heterocycles. The summed E-state index contributed by atoms with van der Waals surface area (Å²) in [6, 6.07) is 9.59. The maximum Gasteiger partial charge on any atom is 0.119 e. The first-order valence-corrected chi connectivity index (χ1v) is 8.14. The van der Waals surface area contributed by atoms with Gasteiger partial charge in [-0.3, -0.25) is 0 Å². The number of benzene rings is 1. The quantitative estimate of drug-likeness (QED) is 0.821. The predicted molar refractivity (Wildman–Crippen MR) is 85.1 cm³/mol. The normalized spacial score (nSPS) is 27.5. The molecule has 0 bridgehead atoms. The van der Waals surface area contributed by atoms with Crippen molar-refractivity contribution < 1.29 is 4.74 Å². The van der Waals surface area contributed by atoms with Gasteiger partial charge < -0.3 is 10.1 Å². The van der Waals surface area contributed by atoms with Crippen LogP contribution in [0, 0.1) is 11.8 Å². The standard InChI is InChI=1S/C18H29NO/c1-5-15-9-12-18(13(15)3)19-14(4)16-7-10-17(11-8-16)20-6-2/h7-8,10-11,13-15,18-19H,5-6,9,12H2,1-4H3. The zero-order valence-corrected chi connectivity index (χ0v) is 13.4. The van der Waals surface area contributed by atoms with Crippen LogP contribution < -0.4 is 10.1 Å². The maximum absolute atomic E-state index is 5.50. The first-order chi connectivity index (χ1) is 9.65. The van der Waals surface area contributed by atoms with Crippen LogP contribution in [0.1, 0.15) is 58.6 Å². The molecule has 0 amide bonds. The van der Waals surface area contributed by atoms with Crippen LogP contribution in [0.4, 0.5) is 0 Å². The highest BCUT2D eigenvalue weighted by Gasteiger charge is 2.32. The second-order valence-corrected chi connectivity index (χ2v) is 6.10. The highest BCUT2D eigenvalue weighted by molar-refractivity contribution is 5.29. The van der Waals surface area contributed by atoms with Crippen molar-refractivity contribution in [1.82, 2.24) is 5.32 Å². The average Bonchev–Trinajstić information content (AvgIpc) is 2.80. The van der Waals surface area contributed by atoms with Crippen LogP contribution in [0.3, 0.4) is 0 Å². The molecule has 112 valence electrons. The molecule has 1 fully saturated rings. The first kappa shape index (κ1) is 15.4. The number of ether oxygens (including phenoxy) is 1. The molecule has 0 aliphatic heterocycles. The summed E-state index contributed by atoms with van der Waals surface area (Å²) in [5.74, 6) is 2.66. The van der Waals surface area contributed by atoms with Crippen molar-refractivity contribution in [2.24, 2.45) is 11.8 Å². The molecule has 0 aromatic heterocycles. The Bertz CT molecular complexity index is 400. The second kappa shape index (κ2) is 7.12. The van der Waals surface area contributed by atoms with Crippen molar-refractivity contribution in [1.29, 1.82) is 0 Å². The molecule has 20 heavy (non-hydrogen) atoms. The van der Waals surface area contributed by atoms with Crippen LogP contribution in [-0.4, -0.2) is 12.6 Å². The Morgan fingerprint density at radius 2 is 1.90 bits per heavy atom. The lowest BCUT2D eigenvalue weighted by atomic mass is 9.93. The molecular formula is C18H29NO. The van der Waals surface area contributed by atoms with E-state index in [0.717, 1.165) is 24.2 Å². The van der Waals surface area contributed by atoms with Gasteiger partial charge in [0.25, 0.3) is 0 Å². The number of hydrogen-bond acceptors (Lipinski definition) is 2. The van der Waals surface area contributed by atoms with Gasteiger partial charge in [-0.25, -0.2) is 0 Å². The van der Waals surface area contributed by atoms with Gasteiger partial charge in [-0.15, -0.1) is 0 Å². The Kier molecular flexibility index (Phi) is 5.47. The molecule has 1 aliphatic carbocycles. The number of rotatable bonds is 6. The van der Waals surface area contributed by atoms with E-state index in [0.29, 0.717) is 12.1 Å². The van der Waals surface area contributed by atoms with E-state index in [9.17, 15) is 0 Å². The highest BCUT2D eigenvalue weighted by Crippen LogP contribution is 2.35. The van der Waals surface area contributed by atoms with Crippen LogP contribution >= 0.6 is 0 Å². The Morgan fingerprint density at radius 3 is 2.45 bits per heavy atom. The summed E-state index contributed by atoms with van der Waals surface area (Å²) in [4.78, 5) is 0. The largest absolute Gasteiger partial charge is 0.494 e. The summed E-state index contributed by atoms with van der Waals surface area (Å²) in [7, 11) is 0. The third-order valence-corrected chi connectivity index (χ3v) is 4.91. The number of hydrogen-bond donors (Lipinski definition) is 1. The molecule has 2 heteroatoms. The summed E-state index contributed by atoms with van der Waals surface area (Å²) in [6.07, 6.45) is 4.02. The molecule has 0 radical (unpaired) electrons. The second-order valence-electron chi connectivity index (χ2n) is 6.10. The Labute approximate surface area is 123 Å². The van der Waals surface area contributed by atoms with E-state index in [1.54, 1.807) is 0 Å². The lowest BCUT2D eigenvalue weighted by Gasteiger charge is -2.25. The minimum absolute atomic E-state index is 0.411. The molecule has 1 aromatic carbocycles. The highest BCUT2D eigenvalue weighted by atomic mass is 16.5. The number of nitrogens with one attached hydrogen (secondary N) is 1. The van der Waals surface area contributed by atoms with Crippen LogP contribution in [-0.2, 0) is 0 Å². The van der Waals surface area contributed by atoms with E-state index in [4.69, 9.17) is 4.74 Å². The van der Waals surface area contributed by atoms with E-state index in [1.807, 2.05) is 6.92 Å². The van der Waals surface area contributed by atoms with Gasteiger partial charge in [-0.05, 0) is 56.2 Å². The molecule has 4 atom stereocenters. The molecule has 1 N–H and O–H groups in total. The third-order valence-electron chi connectivity index (χ3n) is 4.91. The van der Waals surface area contributed by atoms with Gasteiger partial charge in [-0.1, -0.05) is 32.4 Å². The molecule has 0 saturated heterocycles. The van der Waals surface area contributed by atoms with Crippen molar-refractivity contribution in [3.8, 4) is 5.75 Å². The van der Waals surface area contributed by atoms with Crippen LogP contribution in [0.5, 0.6) is 5.75 Å². The summed E-state index contributed by atoms with van der Waals surface area (Å²) in [6.45, 7) is 9.74. The predicted octanol–water partition coefficient (Wildman–Crippen LogP) is 4.56. The van der Waals surface area contributed by atoms with Gasteiger partial charge in [0, 0.05) is 12.1 Å². The van der Waals surface area contributed by atoms with Gasteiger partial charge in [0.05, 0.1) is 6.61 Å². The SMILES string of the molecule is CCOc1ccc(C(C)NC2CCC(CC)C2C)cc1. The summed E-state index contributed by atoms with van der Waals surface area (Å²) < 4.78 is 5.50. The van der Waals surface area contributed by atoms with Gasteiger partial charge in [-0.2, -0.15) is 0 Å². The minimum Gasteiger partial charge on any atom is -0.494 e. The fraction of sp³-hybridized carbons (Fsp3) is 0.667. The van der Waals surface area contributed by atoms with E-state index in [-0.39, 0.29) is 0 Å². The molecular weight excluding hydrogens is 246 g/mol. The van der Waals surface area contributed by atoms with Gasteiger partial charge in [0.1, 0.15) is 5.75 Å². The van der Waals surface area contributed by atoms with E-state index >= 15 is 0 Å². The Morgan fingerprint density at radius 1 is 1.20 bits per heavy atom. The van der Waals surface area contributed by atoms with Crippen molar-refractivity contribution in [3.63, 3.8) is 0 Å². The molecule has 1 aliphatic rings. The fourth-order valence-electron chi connectivity index (χ4n) is 3.50. The van der Waals surface area contributed by atoms with Gasteiger partial charge in [0.2, 0.25) is 0 Å². The van der Waals surface area contributed by atoms with E-state index in [1.165, 1.54) is 24.8 Å². The van der Waals surface area contributed by atoms with Crippen LogP contribution in [0.2, 0.25) is 0 Å². The lowest BCUT2D eigenvalue weighted by molar-refractivity contribution is 0.326. The van der Waals surface area contributed by atoms with Crippen molar-refractivity contribution in [3.05, 3.63) is 29.8 Å². The van der Waals surface area contributed by atoms with Crippen molar-refractivity contribution in [2.45, 2.75) is 59.0 Å². The van der Waals surface area contributed by atoms with E-state index in [2.05, 4.69) is 50.4 Å². The topological polar surface area (TPSA) is 21.3 Å².